The number of anilines is 2. The number of primary amides is 1. The van der Waals surface area contributed by atoms with Crippen LogP contribution in [0.2, 0.25) is 0 Å². The maximum absolute atomic E-state index is 13.1. The van der Waals surface area contributed by atoms with Crippen LogP contribution in [0.4, 0.5) is 16.2 Å². The van der Waals surface area contributed by atoms with E-state index in [-0.39, 0.29) is 5.78 Å². The first-order chi connectivity index (χ1) is 12.6. The topological polar surface area (TPSA) is 93.9 Å². The van der Waals surface area contributed by atoms with Gasteiger partial charge >= 0.3 is 6.03 Å². The number of nitrogens with one attached hydrogen (secondary N) is 1. The molecule has 3 N–H and O–H groups in total. The van der Waals surface area contributed by atoms with E-state index in [1.807, 2.05) is 6.07 Å². The van der Waals surface area contributed by atoms with Gasteiger partial charge in [0.1, 0.15) is 5.75 Å². The van der Waals surface area contributed by atoms with Gasteiger partial charge in [0.2, 0.25) is 0 Å². The highest BCUT2D eigenvalue weighted by molar-refractivity contribution is 6.15. The van der Waals surface area contributed by atoms with Gasteiger partial charge in [0, 0.05) is 24.3 Å². The molecule has 0 spiro atoms. The molecule has 1 heterocycles. The van der Waals surface area contributed by atoms with Crippen LogP contribution < -0.4 is 20.7 Å². The van der Waals surface area contributed by atoms with E-state index in [2.05, 4.69) is 10.2 Å². The number of carbonyl (C=O) groups is 2. The number of methoxy groups -OCH3 is 1. The maximum Gasteiger partial charge on any atom is 0.316 e. The van der Waals surface area contributed by atoms with Crippen LogP contribution in [0.15, 0.2) is 42.5 Å². The third kappa shape index (κ3) is 3.78. The Morgan fingerprint density at radius 2 is 1.85 bits per heavy atom. The van der Waals surface area contributed by atoms with Gasteiger partial charge in [-0.3, -0.25) is 4.79 Å². The Morgan fingerprint density at radius 3 is 2.54 bits per heavy atom. The third-order valence-electron chi connectivity index (χ3n) is 4.23. The lowest BCUT2D eigenvalue weighted by molar-refractivity contribution is 0.103. The number of morpholine rings is 1. The Morgan fingerprint density at radius 1 is 1.12 bits per heavy atom. The normalized spacial score (nSPS) is 14.0. The zero-order chi connectivity index (χ0) is 18.5. The predicted octanol–water partition coefficient (Wildman–Crippen LogP) is 2.25. The molecule has 2 amide bonds. The Bertz CT molecular complexity index is 816. The quantitative estimate of drug-likeness (QED) is 0.803. The van der Waals surface area contributed by atoms with E-state index in [0.29, 0.717) is 35.8 Å². The van der Waals surface area contributed by atoms with E-state index in [1.165, 1.54) is 7.11 Å². The second kappa shape index (κ2) is 7.88. The summed E-state index contributed by atoms with van der Waals surface area (Å²) in [6, 6.07) is 11.6. The van der Waals surface area contributed by atoms with Crippen LogP contribution in [-0.4, -0.2) is 45.2 Å². The highest BCUT2D eigenvalue weighted by Gasteiger charge is 2.21. The van der Waals surface area contributed by atoms with Crippen molar-refractivity contribution in [3.63, 3.8) is 0 Å². The number of hydrogen-bond acceptors (Lipinski definition) is 5. The van der Waals surface area contributed by atoms with Crippen molar-refractivity contribution in [2.24, 2.45) is 5.73 Å². The summed E-state index contributed by atoms with van der Waals surface area (Å²) in [6.07, 6.45) is 0. The number of nitrogens with two attached hydrogens (primary N) is 1. The van der Waals surface area contributed by atoms with Crippen molar-refractivity contribution in [2.75, 3.05) is 43.6 Å². The molecule has 7 heteroatoms. The number of urea groups is 1. The Labute approximate surface area is 151 Å². The SMILES string of the molecule is COc1ccccc1C(=O)c1cc(N2CCOCC2)ccc1NC(N)=O. The maximum atomic E-state index is 13.1. The van der Waals surface area contributed by atoms with E-state index in [9.17, 15) is 9.59 Å². The molecule has 1 fully saturated rings. The zero-order valence-electron chi connectivity index (χ0n) is 14.5. The number of ketones is 1. The summed E-state index contributed by atoms with van der Waals surface area (Å²) in [7, 11) is 1.51. The average Bonchev–Trinajstić information content (AvgIpc) is 2.68. The van der Waals surface area contributed by atoms with Crippen molar-refractivity contribution < 1.29 is 19.1 Å². The van der Waals surface area contributed by atoms with E-state index in [0.717, 1.165) is 18.8 Å². The van der Waals surface area contributed by atoms with Crippen LogP contribution in [0.5, 0.6) is 5.75 Å². The fourth-order valence-corrected chi connectivity index (χ4v) is 2.96. The summed E-state index contributed by atoms with van der Waals surface area (Å²) in [5, 5.41) is 2.53. The summed E-state index contributed by atoms with van der Waals surface area (Å²) >= 11 is 0. The Balaban J connectivity index is 2.03. The molecule has 7 nitrogen and oxygen atoms in total. The van der Waals surface area contributed by atoms with Crippen LogP contribution in [-0.2, 0) is 4.74 Å². The first-order valence-corrected chi connectivity index (χ1v) is 8.31. The van der Waals surface area contributed by atoms with E-state index in [1.54, 1.807) is 36.4 Å². The molecule has 26 heavy (non-hydrogen) atoms. The third-order valence-corrected chi connectivity index (χ3v) is 4.23. The fourth-order valence-electron chi connectivity index (χ4n) is 2.96. The molecule has 1 aliphatic rings. The van der Waals surface area contributed by atoms with Crippen LogP contribution >= 0.6 is 0 Å². The second-order valence-electron chi connectivity index (χ2n) is 5.85. The van der Waals surface area contributed by atoms with Crippen molar-refractivity contribution in [3.05, 3.63) is 53.6 Å². The zero-order valence-corrected chi connectivity index (χ0v) is 14.5. The number of ether oxygens (including phenoxy) is 2. The van der Waals surface area contributed by atoms with Crippen LogP contribution in [0.25, 0.3) is 0 Å². The van der Waals surface area contributed by atoms with Crippen molar-refractivity contribution in [2.45, 2.75) is 0 Å². The van der Waals surface area contributed by atoms with Gasteiger partial charge in [-0.1, -0.05) is 12.1 Å². The number of hydrogen-bond donors (Lipinski definition) is 2. The summed E-state index contributed by atoms with van der Waals surface area (Å²) < 4.78 is 10.7. The molecule has 1 saturated heterocycles. The molecular formula is C19H21N3O4. The lowest BCUT2D eigenvalue weighted by Gasteiger charge is -2.29. The Hall–Kier alpha value is -3.06. The molecule has 3 rings (SSSR count). The number of amides is 2. The predicted molar refractivity (Wildman–Crippen MR) is 99.1 cm³/mol. The van der Waals surface area contributed by atoms with Gasteiger partial charge in [0.05, 0.1) is 31.6 Å². The molecule has 0 unspecified atom stereocenters. The molecule has 0 atom stereocenters. The van der Waals surface area contributed by atoms with Crippen molar-refractivity contribution >= 4 is 23.2 Å². The van der Waals surface area contributed by atoms with Gasteiger partial charge in [-0.15, -0.1) is 0 Å². The standard InChI is InChI=1S/C19H21N3O4/c1-25-17-5-3-2-4-14(17)18(23)15-12-13(22-8-10-26-11-9-22)6-7-16(15)21-19(20)24/h2-7,12H,8-11H2,1H3,(H3,20,21,24). The van der Waals surface area contributed by atoms with Crippen molar-refractivity contribution in [1.82, 2.24) is 0 Å². The van der Waals surface area contributed by atoms with Crippen LogP contribution in [0.3, 0.4) is 0 Å². The monoisotopic (exact) mass is 355 g/mol. The van der Waals surface area contributed by atoms with E-state index < -0.39 is 6.03 Å². The van der Waals surface area contributed by atoms with Gasteiger partial charge in [0.15, 0.2) is 5.78 Å². The highest BCUT2D eigenvalue weighted by Crippen LogP contribution is 2.29. The molecule has 0 aromatic heterocycles. The van der Waals surface area contributed by atoms with Crippen LogP contribution in [0, 0.1) is 0 Å². The smallest absolute Gasteiger partial charge is 0.316 e. The summed E-state index contributed by atoms with van der Waals surface area (Å²) in [5.74, 6) is 0.223. The molecule has 2 aromatic carbocycles. The Kier molecular flexibility index (Phi) is 5.38. The summed E-state index contributed by atoms with van der Waals surface area (Å²) in [6.45, 7) is 2.75. The molecule has 0 radical (unpaired) electrons. The van der Waals surface area contributed by atoms with Gasteiger partial charge in [0.25, 0.3) is 0 Å². The first kappa shape index (κ1) is 17.8. The van der Waals surface area contributed by atoms with Gasteiger partial charge in [-0.2, -0.15) is 0 Å². The molecule has 0 aliphatic carbocycles. The molecule has 0 saturated carbocycles. The fraction of sp³-hybridized carbons (Fsp3) is 0.263. The average molecular weight is 355 g/mol. The molecule has 2 aromatic rings. The molecule has 136 valence electrons. The largest absolute Gasteiger partial charge is 0.496 e. The number of benzene rings is 2. The number of carbonyl (C=O) groups excluding carboxylic acids is 2. The van der Waals surface area contributed by atoms with Crippen molar-refractivity contribution in [1.29, 1.82) is 0 Å². The van der Waals surface area contributed by atoms with E-state index >= 15 is 0 Å². The molecule has 1 aliphatic heterocycles. The van der Waals surface area contributed by atoms with Gasteiger partial charge < -0.3 is 25.4 Å². The number of rotatable bonds is 5. The number of nitrogens with zero attached hydrogens (tertiary/aromatic N) is 1. The van der Waals surface area contributed by atoms with E-state index in [4.69, 9.17) is 15.2 Å². The van der Waals surface area contributed by atoms with Gasteiger partial charge in [-0.25, -0.2) is 4.79 Å². The minimum Gasteiger partial charge on any atom is -0.496 e. The summed E-state index contributed by atoms with van der Waals surface area (Å²) in [5.41, 5.74) is 7.29. The first-order valence-electron chi connectivity index (χ1n) is 8.31. The molecular weight excluding hydrogens is 334 g/mol. The minimum absolute atomic E-state index is 0.249. The van der Waals surface area contributed by atoms with Gasteiger partial charge in [-0.05, 0) is 30.3 Å². The number of para-hydroxylation sites is 1. The van der Waals surface area contributed by atoms with Crippen molar-refractivity contribution in [3.8, 4) is 5.75 Å². The lowest BCUT2D eigenvalue weighted by Crippen LogP contribution is -2.36. The highest BCUT2D eigenvalue weighted by atomic mass is 16.5. The second-order valence-corrected chi connectivity index (χ2v) is 5.85. The lowest BCUT2D eigenvalue weighted by atomic mass is 9.99. The minimum atomic E-state index is -0.724. The molecule has 0 bridgehead atoms. The summed E-state index contributed by atoms with van der Waals surface area (Å²) in [4.78, 5) is 26.6. The van der Waals surface area contributed by atoms with Crippen LogP contribution in [0.1, 0.15) is 15.9 Å².